The minimum absolute atomic E-state index is 0.0539. The Kier molecular flexibility index (Phi) is 11.5. The number of likely N-dealkylation sites (tertiary alicyclic amines) is 1. The average molecular weight is 865 g/mol. The minimum atomic E-state index is -0.401. The van der Waals surface area contributed by atoms with E-state index in [2.05, 4.69) is 58.8 Å². The molecule has 17 nitrogen and oxygen atoms in total. The number of nitrogens with zero attached hydrogens (tertiary/aromatic N) is 9. The number of nitrogens with one attached hydrogen (secondary N) is 3. The molecule has 8 heterocycles. The van der Waals surface area contributed by atoms with Gasteiger partial charge in [-0.25, -0.2) is 9.97 Å². The maximum absolute atomic E-state index is 12.8. The molecular weight excluding hydrogens is 812 g/mol. The summed E-state index contributed by atoms with van der Waals surface area (Å²) in [4.78, 5) is 70.2. The fraction of sp³-hybridized carbons (Fsp3) is 0.500. The number of carbonyl (C=O) groups is 3. The van der Waals surface area contributed by atoms with Crippen molar-refractivity contribution in [2.75, 3.05) is 74.6 Å². The first-order valence-electron chi connectivity index (χ1n) is 21.6. The number of hydrogen-bond donors (Lipinski definition) is 3. The van der Waals surface area contributed by atoms with E-state index in [9.17, 15) is 19.2 Å². The summed E-state index contributed by atoms with van der Waals surface area (Å²) in [6, 6.07) is 9.87. The number of imide groups is 1. The molecule has 18 heteroatoms. The number of rotatable bonds is 10. The molecule has 4 aliphatic heterocycles. The van der Waals surface area contributed by atoms with Crippen LogP contribution in [-0.4, -0.2) is 111 Å². The second-order valence-electron chi connectivity index (χ2n) is 17.4. The van der Waals surface area contributed by atoms with Crippen molar-refractivity contribution in [1.82, 2.24) is 44.8 Å². The predicted molar refractivity (Wildman–Crippen MR) is 237 cm³/mol. The van der Waals surface area contributed by atoms with E-state index in [0.717, 1.165) is 88.1 Å². The molecule has 1 aromatic carbocycles. The summed E-state index contributed by atoms with van der Waals surface area (Å²) in [6.07, 6.45) is 11.0. The van der Waals surface area contributed by atoms with Gasteiger partial charge in [0.1, 0.15) is 10.7 Å². The lowest BCUT2D eigenvalue weighted by Crippen LogP contribution is -2.48. The van der Waals surface area contributed by atoms with Crippen LogP contribution in [0.1, 0.15) is 63.0 Å². The number of amides is 3. The van der Waals surface area contributed by atoms with Crippen molar-refractivity contribution >= 4 is 74.4 Å². The van der Waals surface area contributed by atoms with Gasteiger partial charge in [0.15, 0.2) is 18.2 Å². The highest BCUT2D eigenvalue weighted by molar-refractivity contribution is 6.33. The van der Waals surface area contributed by atoms with Crippen LogP contribution in [0.5, 0.6) is 5.75 Å². The molecule has 326 valence electrons. The van der Waals surface area contributed by atoms with Gasteiger partial charge in [-0.2, -0.15) is 10.1 Å². The molecule has 1 unspecified atom stereocenters. The average Bonchev–Trinajstić information content (AvgIpc) is 3.61. The number of pyridine rings is 2. The highest BCUT2D eigenvalue weighted by Gasteiger charge is 2.39. The van der Waals surface area contributed by atoms with E-state index >= 15 is 0 Å². The second kappa shape index (κ2) is 17.2. The van der Waals surface area contributed by atoms with E-state index in [1.807, 2.05) is 17.8 Å². The molecular formula is C44H53ClN12O5. The van der Waals surface area contributed by atoms with Gasteiger partial charge < -0.3 is 30.1 Å². The molecule has 0 saturated carbocycles. The molecule has 3 N–H and O–H groups in total. The zero-order valence-electron chi connectivity index (χ0n) is 35.5. The molecule has 4 saturated heterocycles. The van der Waals surface area contributed by atoms with Crippen molar-refractivity contribution in [2.24, 2.45) is 25.4 Å². The number of hydrogen-bond acceptors (Lipinski definition) is 13. The van der Waals surface area contributed by atoms with Crippen molar-refractivity contribution in [1.29, 1.82) is 0 Å². The lowest BCUT2D eigenvalue weighted by Gasteiger charge is -2.47. The Hall–Kier alpha value is -5.81. The van der Waals surface area contributed by atoms with Crippen molar-refractivity contribution in [3.63, 3.8) is 0 Å². The number of ether oxygens (including phenoxy) is 1. The Labute approximate surface area is 364 Å². The monoisotopic (exact) mass is 864 g/mol. The minimum Gasteiger partial charge on any atom is -0.478 e. The number of fused-ring (bicyclic) bond motifs is 2. The lowest BCUT2D eigenvalue weighted by atomic mass is 9.71. The molecule has 4 aliphatic rings. The number of benzene rings is 1. The van der Waals surface area contributed by atoms with Crippen LogP contribution >= 0.6 is 11.6 Å². The van der Waals surface area contributed by atoms with E-state index in [4.69, 9.17) is 26.4 Å². The smallest absolute Gasteiger partial charge is 0.294 e. The van der Waals surface area contributed by atoms with E-state index in [1.54, 1.807) is 25.5 Å². The van der Waals surface area contributed by atoms with Gasteiger partial charge in [-0.15, -0.1) is 0 Å². The Bertz CT molecular complexity index is 2590. The van der Waals surface area contributed by atoms with Crippen molar-refractivity contribution in [2.45, 2.75) is 57.3 Å². The summed E-state index contributed by atoms with van der Waals surface area (Å²) < 4.78 is 8.76. The first kappa shape index (κ1) is 41.5. The number of anilines is 4. The largest absolute Gasteiger partial charge is 0.478 e. The maximum Gasteiger partial charge on any atom is 0.294 e. The Morgan fingerprint density at radius 1 is 0.935 bits per heavy atom. The van der Waals surface area contributed by atoms with Gasteiger partial charge in [0.25, 0.3) is 11.5 Å². The molecule has 5 aromatic rings. The highest BCUT2D eigenvalue weighted by atomic mass is 35.5. The van der Waals surface area contributed by atoms with Gasteiger partial charge in [-0.1, -0.05) is 11.6 Å². The van der Waals surface area contributed by atoms with E-state index in [1.165, 1.54) is 30.1 Å². The molecule has 1 atom stereocenters. The summed E-state index contributed by atoms with van der Waals surface area (Å²) in [5.74, 6) is 0.624. The highest BCUT2D eigenvalue weighted by Crippen LogP contribution is 2.43. The number of likely N-dealkylation sites (N-methyl/N-ethyl adjacent to an activating group) is 1. The summed E-state index contributed by atoms with van der Waals surface area (Å²) in [7, 11) is 5.04. The van der Waals surface area contributed by atoms with E-state index in [-0.39, 0.29) is 35.6 Å². The van der Waals surface area contributed by atoms with Crippen LogP contribution < -0.4 is 36.0 Å². The van der Waals surface area contributed by atoms with E-state index < -0.39 is 5.92 Å². The number of piperidine rings is 4. The third-order valence-corrected chi connectivity index (χ3v) is 13.9. The first-order valence-corrected chi connectivity index (χ1v) is 22.0. The fourth-order valence-electron chi connectivity index (χ4n) is 9.76. The van der Waals surface area contributed by atoms with Gasteiger partial charge in [0.2, 0.25) is 17.8 Å². The van der Waals surface area contributed by atoms with Crippen molar-refractivity contribution in [3.8, 4) is 5.75 Å². The summed E-state index contributed by atoms with van der Waals surface area (Å²) in [6.45, 7) is 6.95. The molecule has 0 aliphatic carbocycles. The molecule has 0 bridgehead atoms. The third-order valence-electron chi connectivity index (χ3n) is 13.6. The van der Waals surface area contributed by atoms with Gasteiger partial charge in [0.05, 0.1) is 35.2 Å². The van der Waals surface area contributed by atoms with Gasteiger partial charge in [0, 0.05) is 76.7 Å². The zero-order valence-corrected chi connectivity index (χ0v) is 36.2. The molecule has 4 aromatic heterocycles. The number of aryl methyl sites for hydroxylation is 2. The molecule has 0 radical (unpaired) electrons. The fourth-order valence-corrected chi connectivity index (χ4v) is 9.90. The number of halogens is 1. The standard InChI is InChI=1S/C44H53ClN12O5/c1-46-37(59)26-62-35-21-28-20-29(23-47-40(28)53(2)42(35)61)49-39-33(45)24-48-43(51-39)57-18-12-44(13-19-57)10-16-55(17-11-44)25-27-8-14-56(15-9-27)30-4-5-31-34(22-30)54(3)52-38(31)32-6-7-36(58)50-41(32)60/h4-5,20-24,27,32H,6-19,25-26H2,1-3H3,(H,46,59)(H,48,49,51)(H,50,58,60). The Morgan fingerprint density at radius 3 is 2.44 bits per heavy atom. The molecule has 62 heavy (non-hydrogen) atoms. The van der Waals surface area contributed by atoms with Gasteiger partial charge in [-0.05, 0) is 99.7 Å². The van der Waals surface area contributed by atoms with Crippen LogP contribution in [0.15, 0.2) is 47.5 Å². The van der Waals surface area contributed by atoms with Gasteiger partial charge >= 0.3 is 0 Å². The zero-order chi connectivity index (χ0) is 43.1. The first-order chi connectivity index (χ1) is 30.0. The SMILES string of the molecule is CNC(=O)COc1cc2cc(Nc3nc(N4CCC5(CCN(CC6CCN(c7ccc8c(C9CCC(=O)NC9=O)nn(C)c8c7)CC6)CC5)CC4)ncc3Cl)cnc2n(C)c1=O. The van der Waals surface area contributed by atoms with Crippen LogP contribution in [0.25, 0.3) is 21.9 Å². The normalized spacial score (nSPS) is 19.9. The Balaban J connectivity index is 0.757. The topological polar surface area (TPSA) is 185 Å². The summed E-state index contributed by atoms with van der Waals surface area (Å²) >= 11 is 6.59. The quantitative estimate of drug-likeness (QED) is 0.170. The van der Waals surface area contributed by atoms with Crippen LogP contribution in [-0.2, 0) is 28.5 Å². The van der Waals surface area contributed by atoms with Crippen LogP contribution in [0, 0.1) is 11.3 Å². The number of aromatic nitrogens is 6. The predicted octanol–water partition coefficient (Wildman–Crippen LogP) is 4.25. The second-order valence-corrected chi connectivity index (χ2v) is 17.8. The maximum atomic E-state index is 12.8. The summed E-state index contributed by atoms with van der Waals surface area (Å²) in [5, 5.41) is 15.0. The molecule has 3 amide bonds. The lowest BCUT2D eigenvalue weighted by molar-refractivity contribution is -0.134. The van der Waals surface area contributed by atoms with Crippen molar-refractivity contribution < 1.29 is 19.1 Å². The van der Waals surface area contributed by atoms with Crippen LogP contribution in [0.4, 0.5) is 23.1 Å². The van der Waals surface area contributed by atoms with Crippen LogP contribution in [0.3, 0.4) is 0 Å². The van der Waals surface area contributed by atoms with Crippen LogP contribution in [0.2, 0.25) is 5.02 Å². The number of carbonyl (C=O) groups excluding carboxylic acids is 3. The Morgan fingerprint density at radius 2 is 1.69 bits per heavy atom. The molecule has 4 fully saturated rings. The molecule has 1 spiro atoms. The molecule has 9 rings (SSSR count). The van der Waals surface area contributed by atoms with Crippen molar-refractivity contribution in [3.05, 3.63) is 63.8 Å². The van der Waals surface area contributed by atoms with Gasteiger partial charge in [-0.3, -0.25) is 33.7 Å². The summed E-state index contributed by atoms with van der Waals surface area (Å²) in [5.41, 5.74) is 4.00. The van der Waals surface area contributed by atoms with E-state index in [0.29, 0.717) is 57.7 Å². The third kappa shape index (κ3) is 8.39.